The van der Waals surface area contributed by atoms with E-state index in [1.54, 1.807) is 13.1 Å². The zero-order chi connectivity index (χ0) is 14.9. The molecule has 1 unspecified atom stereocenters. The molecular formula is C16H16BrF2N. The highest BCUT2D eigenvalue weighted by Gasteiger charge is 2.16. The molecule has 0 aliphatic heterocycles. The van der Waals surface area contributed by atoms with E-state index in [4.69, 9.17) is 0 Å². The lowest BCUT2D eigenvalue weighted by Crippen LogP contribution is -2.18. The van der Waals surface area contributed by atoms with Gasteiger partial charge in [-0.3, -0.25) is 0 Å². The Morgan fingerprint density at radius 3 is 2.05 bits per heavy atom. The van der Waals surface area contributed by atoms with E-state index >= 15 is 0 Å². The van der Waals surface area contributed by atoms with Crippen LogP contribution in [0.1, 0.15) is 28.3 Å². The first-order valence-corrected chi connectivity index (χ1v) is 7.12. The Morgan fingerprint density at radius 2 is 1.55 bits per heavy atom. The maximum absolute atomic E-state index is 13.4. The van der Waals surface area contributed by atoms with Crippen molar-refractivity contribution in [2.24, 2.45) is 0 Å². The molecule has 0 spiro atoms. The summed E-state index contributed by atoms with van der Waals surface area (Å²) in [4.78, 5) is 0. The van der Waals surface area contributed by atoms with E-state index < -0.39 is 11.6 Å². The molecule has 2 aromatic carbocycles. The van der Waals surface area contributed by atoms with Crippen LogP contribution in [0.25, 0.3) is 0 Å². The molecule has 1 atom stereocenters. The fourth-order valence-corrected chi connectivity index (χ4v) is 2.59. The quantitative estimate of drug-likeness (QED) is 0.857. The third kappa shape index (κ3) is 2.91. The highest BCUT2D eigenvalue weighted by molar-refractivity contribution is 9.10. The first kappa shape index (κ1) is 15.1. The van der Waals surface area contributed by atoms with Crippen molar-refractivity contribution in [1.29, 1.82) is 0 Å². The highest BCUT2D eigenvalue weighted by Crippen LogP contribution is 2.29. The Labute approximate surface area is 126 Å². The molecule has 0 amide bonds. The number of benzene rings is 2. The van der Waals surface area contributed by atoms with Gasteiger partial charge in [-0.05, 0) is 55.3 Å². The van der Waals surface area contributed by atoms with Gasteiger partial charge in [-0.15, -0.1) is 0 Å². The predicted molar refractivity (Wildman–Crippen MR) is 80.9 cm³/mol. The lowest BCUT2D eigenvalue weighted by Gasteiger charge is -2.19. The maximum Gasteiger partial charge on any atom is 0.159 e. The number of hydrogen-bond acceptors (Lipinski definition) is 1. The largest absolute Gasteiger partial charge is 0.309 e. The fourth-order valence-electron chi connectivity index (χ4n) is 2.36. The van der Waals surface area contributed by atoms with Gasteiger partial charge in [0.1, 0.15) is 0 Å². The van der Waals surface area contributed by atoms with Gasteiger partial charge < -0.3 is 5.32 Å². The molecule has 2 aromatic rings. The highest BCUT2D eigenvalue weighted by atomic mass is 79.9. The maximum atomic E-state index is 13.4. The predicted octanol–water partition coefficient (Wildman–Crippen LogP) is 4.65. The van der Waals surface area contributed by atoms with E-state index in [9.17, 15) is 8.78 Å². The summed E-state index contributed by atoms with van der Waals surface area (Å²) < 4.78 is 27.5. The van der Waals surface area contributed by atoms with E-state index in [0.29, 0.717) is 5.56 Å². The SMILES string of the molecule is CNC(c1cc(C)c(Br)c(C)c1)c1ccc(F)c(F)c1. The van der Waals surface area contributed by atoms with Crippen LogP contribution >= 0.6 is 15.9 Å². The fraction of sp³-hybridized carbons (Fsp3) is 0.250. The number of hydrogen-bond donors (Lipinski definition) is 1. The van der Waals surface area contributed by atoms with Gasteiger partial charge in [0.25, 0.3) is 0 Å². The van der Waals surface area contributed by atoms with Crippen molar-refractivity contribution in [2.45, 2.75) is 19.9 Å². The summed E-state index contributed by atoms with van der Waals surface area (Å²) in [5, 5.41) is 3.15. The summed E-state index contributed by atoms with van der Waals surface area (Å²) >= 11 is 3.53. The molecule has 0 aromatic heterocycles. The monoisotopic (exact) mass is 339 g/mol. The van der Waals surface area contributed by atoms with Crippen LogP contribution in [0.5, 0.6) is 0 Å². The van der Waals surface area contributed by atoms with Crippen molar-refractivity contribution in [3.05, 3.63) is 68.7 Å². The summed E-state index contributed by atoms with van der Waals surface area (Å²) in [5.41, 5.74) is 3.95. The molecule has 0 fully saturated rings. The molecular weight excluding hydrogens is 324 g/mol. The third-order valence-electron chi connectivity index (χ3n) is 3.36. The van der Waals surface area contributed by atoms with Gasteiger partial charge in [0.2, 0.25) is 0 Å². The van der Waals surface area contributed by atoms with Crippen molar-refractivity contribution in [1.82, 2.24) is 5.32 Å². The van der Waals surface area contributed by atoms with Crippen LogP contribution in [0.4, 0.5) is 8.78 Å². The zero-order valence-corrected chi connectivity index (χ0v) is 13.2. The number of nitrogens with one attached hydrogen (secondary N) is 1. The summed E-state index contributed by atoms with van der Waals surface area (Å²) in [5.74, 6) is -1.65. The molecule has 1 nitrogen and oxygen atoms in total. The van der Waals surface area contributed by atoms with Gasteiger partial charge in [0.05, 0.1) is 6.04 Å². The minimum atomic E-state index is -0.827. The van der Waals surface area contributed by atoms with Crippen molar-refractivity contribution >= 4 is 15.9 Å². The first-order valence-electron chi connectivity index (χ1n) is 6.33. The molecule has 2 rings (SSSR count). The Kier molecular flexibility index (Phi) is 4.55. The van der Waals surface area contributed by atoms with Gasteiger partial charge in [0.15, 0.2) is 11.6 Å². The van der Waals surface area contributed by atoms with Gasteiger partial charge >= 0.3 is 0 Å². The minimum Gasteiger partial charge on any atom is -0.309 e. The van der Waals surface area contributed by atoms with E-state index in [0.717, 1.165) is 27.2 Å². The van der Waals surface area contributed by atoms with Crippen molar-refractivity contribution < 1.29 is 8.78 Å². The van der Waals surface area contributed by atoms with Crippen LogP contribution < -0.4 is 5.32 Å². The first-order chi connectivity index (χ1) is 9.43. The summed E-state index contributed by atoms with van der Waals surface area (Å²) in [6.07, 6.45) is 0. The van der Waals surface area contributed by atoms with Crippen LogP contribution in [0.15, 0.2) is 34.8 Å². The van der Waals surface area contributed by atoms with E-state index in [1.807, 2.05) is 26.0 Å². The van der Waals surface area contributed by atoms with Gasteiger partial charge in [-0.25, -0.2) is 8.78 Å². The van der Waals surface area contributed by atoms with Crippen LogP contribution in [0.3, 0.4) is 0 Å². The molecule has 0 radical (unpaired) electrons. The summed E-state index contributed by atoms with van der Waals surface area (Å²) in [6, 6.07) is 7.91. The Morgan fingerprint density at radius 1 is 0.950 bits per heavy atom. The zero-order valence-electron chi connectivity index (χ0n) is 11.6. The van der Waals surface area contributed by atoms with Crippen LogP contribution in [0, 0.1) is 25.5 Å². The molecule has 0 bridgehead atoms. The smallest absolute Gasteiger partial charge is 0.159 e. The normalized spacial score (nSPS) is 12.5. The second kappa shape index (κ2) is 6.02. The lowest BCUT2D eigenvalue weighted by molar-refractivity contribution is 0.505. The molecule has 20 heavy (non-hydrogen) atoms. The van der Waals surface area contributed by atoms with Gasteiger partial charge in [0, 0.05) is 4.47 Å². The van der Waals surface area contributed by atoms with Crippen LogP contribution in [-0.4, -0.2) is 7.05 Å². The van der Waals surface area contributed by atoms with Crippen LogP contribution in [-0.2, 0) is 0 Å². The average Bonchev–Trinajstić information content (AvgIpc) is 2.41. The third-order valence-corrected chi connectivity index (χ3v) is 4.61. The topological polar surface area (TPSA) is 12.0 Å². The van der Waals surface area contributed by atoms with E-state index in [-0.39, 0.29) is 6.04 Å². The molecule has 0 aliphatic carbocycles. The second-order valence-corrected chi connectivity index (χ2v) is 5.66. The van der Waals surface area contributed by atoms with Gasteiger partial charge in [-0.2, -0.15) is 0 Å². The number of rotatable bonds is 3. The Hall–Kier alpha value is -1.26. The Balaban J connectivity index is 2.49. The average molecular weight is 340 g/mol. The van der Waals surface area contributed by atoms with E-state index in [2.05, 4.69) is 21.2 Å². The molecule has 4 heteroatoms. The summed E-state index contributed by atoms with van der Waals surface area (Å²) in [7, 11) is 1.80. The number of halogens is 3. The molecule has 0 saturated heterocycles. The summed E-state index contributed by atoms with van der Waals surface area (Å²) in [6.45, 7) is 4.02. The van der Waals surface area contributed by atoms with Crippen molar-refractivity contribution in [2.75, 3.05) is 7.05 Å². The molecule has 0 heterocycles. The van der Waals surface area contributed by atoms with Crippen molar-refractivity contribution in [3.63, 3.8) is 0 Å². The molecule has 0 saturated carbocycles. The van der Waals surface area contributed by atoms with Gasteiger partial charge in [-0.1, -0.05) is 34.1 Å². The Bertz CT molecular complexity index is 617. The number of aryl methyl sites for hydroxylation is 2. The van der Waals surface area contributed by atoms with Crippen LogP contribution in [0.2, 0.25) is 0 Å². The molecule has 1 N–H and O–H groups in total. The standard InChI is InChI=1S/C16H16BrF2N/c1-9-6-12(7-10(2)15(9)17)16(20-3)11-4-5-13(18)14(19)8-11/h4-8,16,20H,1-3H3. The molecule has 106 valence electrons. The molecule has 0 aliphatic rings. The van der Waals surface area contributed by atoms with Crippen molar-refractivity contribution in [3.8, 4) is 0 Å². The second-order valence-electron chi connectivity index (χ2n) is 4.86. The minimum absolute atomic E-state index is 0.171. The van der Waals surface area contributed by atoms with E-state index in [1.165, 1.54) is 6.07 Å². The lowest BCUT2D eigenvalue weighted by atomic mass is 9.95.